The molecular formula is C13H19FN2O2S. The molecule has 0 aliphatic carbocycles. The Kier molecular flexibility index (Phi) is 3.82. The molecule has 4 nitrogen and oxygen atoms in total. The first kappa shape index (κ1) is 14.3. The summed E-state index contributed by atoms with van der Waals surface area (Å²) in [4.78, 5) is -0.290. The van der Waals surface area contributed by atoms with Gasteiger partial charge < -0.3 is 5.73 Å². The minimum Gasteiger partial charge on any atom is -0.399 e. The van der Waals surface area contributed by atoms with Crippen LogP contribution in [0.25, 0.3) is 0 Å². The van der Waals surface area contributed by atoms with Gasteiger partial charge in [0.15, 0.2) is 0 Å². The molecule has 1 aromatic rings. The van der Waals surface area contributed by atoms with E-state index in [1.165, 1.54) is 16.4 Å². The van der Waals surface area contributed by atoms with E-state index in [-0.39, 0.29) is 22.7 Å². The molecule has 0 saturated carbocycles. The van der Waals surface area contributed by atoms with Crippen molar-refractivity contribution in [2.75, 3.05) is 5.73 Å². The molecule has 1 heterocycles. The summed E-state index contributed by atoms with van der Waals surface area (Å²) in [5.41, 5.74) is 5.67. The van der Waals surface area contributed by atoms with Crippen LogP contribution in [0.5, 0.6) is 0 Å². The fourth-order valence-corrected chi connectivity index (χ4v) is 4.64. The lowest BCUT2D eigenvalue weighted by Crippen LogP contribution is -2.47. The van der Waals surface area contributed by atoms with Crippen molar-refractivity contribution in [3.63, 3.8) is 0 Å². The maximum Gasteiger partial charge on any atom is 0.246 e. The number of halogens is 1. The van der Waals surface area contributed by atoms with Crippen LogP contribution in [0.2, 0.25) is 0 Å². The van der Waals surface area contributed by atoms with E-state index in [0.717, 1.165) is 25.3 Å². The van der Waals surface area contributed by atoms with Crippen molar-refractivity contribution < 1.29 is 12.8 Å². The van der Waals surface area contributed by atoms with Crippen molar-refractivity contribution in [2.24, 2.45) is 0 Å². The molecule has 1 saturated heterocycles. The number of hydrogen-bond acceptors (Lipinski definition) is 3. The molecule has 1 aromatic carbocycles. The number of rotatable bonds is 2. The zero-order chi connectivity index (χ0) is 14.2. The Morgan fingerprint density at radius 1 is 1.26 bits per heavy atom. The number of nitrogens with zero attached hydrogens (tertiary/aromatic N) is 1. The number of nitrogens with two attached hydrogens (primary N) is 1. The van der Waals surface area contributed by atoms with Crippen LogP contribution in [0.4, 0.5) is 10.1 Å². The second-order valence-electron chi connectivity index (χ2n) is 5.15. The smallest absolute Gasteiger partial charge is 0.246 e. The van der Waals surface area contributed by atoms with Gasteiger partial charge in [0.1, 0.15) is 10.7 Å². The van der Waals surface area contributed by atoms with Gasteiger partial charge in [-0.2, -0.15) is 4.31 Å². The molecule has 0 amide bonds. The topological polar surface area (TPSA) is 63.4 Å². The SMILES string of the molecule is CC1CCCC(C)N1S(=O)(=O)c1ccc(N)cc1F. The summed E-state index contributed by atoms with van der Waals surface area (Å²) < 4.78 is 40.5. The lowest BCUT2D eigenvalue weighted by atomic mass is 10.0. The van der Waals surface area contributed by atoms with Gasteiger partial charge in [0.2, 0.25) is 10.0 Å². The van der Waals surface area contributed by atoms with Crippen LogP contribution >= 0.6 is 0 Å². The third-order valence-corrected chi connectivity index (χ3v) is 5.79. The molecule has 106 valence electrons. The van der Waals surface area contributed by atoms with E-state index < -0.39 is 15.8 Å². The molecule has 0 aromatic heterocycles. The highest BCUT2D eigenvalue weighted by Crippen LogP contribution is 2.30. The maximum atomic E-state index is 13.9. The van der Waals surface area contributed by atoms with Gasteiger partial charge in [-0.1, -0.05) is 6.42 Å². The first-order valence-electron chi connectivity index (χ1n) is 6.42. The lowest BCUT2D eigenvalue weighted by molar-refractivity contribution is 0.203. The third kappa shape index (κ3) is 2.60. The molecule has 0 bridgehead atoms. The monoisotopic (exact) mass is 286 g/mol. The Morgan fingerprint density at radius 3 is 2.37 bits per heavy atom. The average molecular weight is 286 g/mol. The highest BCUT2D eigenvalue weighted by atomic mass is 32.2. The molecule has 2 N–H and O–H groups in total. The second kappa shape index (κ2) is 5.09. The Bertz CT molecular complexity index is 564. The van der Waals surface area contributed by atoms with Crippen LogP contribution < -0.4 is 5.73 Å². The van der Waals surface area contributed by atoms with Crippen molar-refractivity contribution in [2.45, 2.75) is 50.1 Å². The molecule has 0 spiro atoms. The number of anilines is 1. The summed E-state index contributed by atoms with van der Waals surface area (Å²) >= 11 is 0. The summed E-state index contributed by atoms with van der Waals surface area (Å²) in [6.45, 7) is 3.73. The number of piperidine rings is 1. The van der Waals surface area contributed by atoms with Gasteiger partial charge in [-0.3, -0.25) is 0 Å². The molecular weight excluding hydrogens is 267 g/mol. The second-order valence-corrected chi connectivity index (χ2v) is 6.97. The van der Waals surface area contributed by atoms with E-state index in [1.807, 2.05) is 13.8 Å². The highest BCUT2D eigenvalue weighted by molar-refractivity contribution is 7.89. The standard InChI is InChI=1S/C13H19FN2O2S/c1-9-4-3-5-10(2)16(9)19(17,18)13-7-6-11(15)8-12(13)14/h6-10H,3-5,15H2,1-2H3. The van der Waals surface area contributed by atoms with Gasteiger partial charge in [0.05, 0.1) is 0 Å². The van der Waals surface area contributed by atoms with Gasteiger partial charge in [0.25, 0.3) is 0 Å². The molecule has 19 heavy (non-hydrogen) atoms. The largest absolute Gasteiger partial charge is 0.399 e. The van der Waals surface area contributed by atoms with E-state index in [2.05, 4.69) is 0 Å². The van der Waals surface area contributed by atoms with Crippen LogP contribution in [0.15, 0.2) is 23.1 Å². The summed E-state index contributed by atoms with van der Waals surface area (Å²) in [6, 6.07) is 3.49. The van der Waals surface area contributed by atoms with Crippen molar-refractivity contribution in [3.05, 3.63) is 24.0 Å². The minimum atomic E-state index is -3.81. The Balaban J connectivity index is 2.46. The Hall–Kier alpha value is -1.14. The molecule has 2 rings (SSSR count). The first-order chi connectivity index (χ1) is 8.84. The molecule has 0 radical (unpaired) electrons. The van der Waals surface area contributed by atoms with Crippen LogP contribution in [0, 0.1) is 5.82 Å². The van der Waals surface area contributed by atoms with Gasteiger partial charge in [0, 0.05) is 17.8 Å². The number of nitrogen functional groups attached to an aromatic ring is 1. The van der Waals surface area contributed by atoms with Crippen LogP contribution in [0.1, 0.15) is 33.1 Å². The lowest BCUT2D eigenvalue weighted by Gasteiger charge is -2.37. The minimum absolute atomic E-state index is 0.106. The molecule has 1 aliphatic heterocycles. The molecule has 1 fully saturated rings. The molecule has 1 aliphatic rings. The maximum absolute atomic E-state index is 13.9. The average Bonchev–Trinajstić information content (AvgIpc) is 2.27. The quantitative estimate of drug-likeness (QED) is 0.849. The van der Waals surface area contributed by atoms with Gasteiger partial charge in [-0.25, -0.2) is 12.8 Å². The summed E-state index contributed by atoms with van der Waals surface area (Å²) in [5.74, 6) is -0.787. The summed E-state index contributed by atoms with van der Waals surface area (Å²) in [5, 5.41) is 0. The van der Waals surface area contributed by atoms with Crippen molar-refractivity contribution in [1.29, 1.82) is 0 Å². The molecule has 2 atom stereocenters. The van der Waals surface area contributed by atoms with Gasteiger partial charge in [-0.05, 0) is 44.9 Å². The van der Waals surface area contributed by atoms with E-state index in [0.29, 0.717) is 0 Å². The van der Waals surface area contributed by atoms with Crippen molar-refractivity contribution in [3.8, 4) is 0 Å². The van der Waals surface area contributed by atoms with Crippen LogP contribution in [0.3, 0.4) is 0 Å². The number of hydrogen-bond donors (Lipinski definition) is 1. The predicted octanol–water partition coefficient (Wildman–Crippen LogP) is 2.36. The van der Waals surface area contributed by atoms with Crippen molar-refractivity contribution in [1.82, 2.24) is 4.31 Å². The fourth-order valence-electron chi connectivity index (χ4n) is 2.71. The Morgan fingerprint density at radius 2 is 1.84 bits per heavy atom. The van der Waals surface area contributed by atoms with E-state index in [9.17, 15) is 12.8 Å². The normalized spacial score (nSPS) is 25.4. The Labute approximate surface area is 113 Å². The first-order valence-corrected chi connectivity index (χ1v) is 7.86. The summed E-state index contributed by atoms with van der Waals surface area (Å²) in [7, 11) is -3.81. The van der Waals surface area contributed by atoms with Gasteiger partial charge in [-0.15, -0.1) is 0 Å². The van der Waals surface area contributed by atoms with E-state index in [1.54, 1.807) is 0 Å². The zero-order valence-electron chi connectivity index (χ0n) is 11.1. The van der Waals surface area contributed by atoms with Gasteiger partial charge >= 0.3 is 0 Å². The number of sulfonamides is 1. The molecule has 6 heteroatoms. The predicted molar refractivity (Wildman–Crippen MR) is 72.6 cm³/mol. The fraction of sp³-hybridized carbons (Fsp3) is 0.538. The van der Waals surface area contributed by atoms with Crippen molar-refractivity contribution >= 4 is 15.7 Å². The molecule has 2 unspecified atom stereocenters. The summed E-state index contributed by atoms with van der Waals surface area (Å²) in [6.07, 6.45) is 2.61. The van der Waals surface area contributed by atoms with E-state index >= 15 is 0 Å². The number of benzene rings is 1. The van der Waals surface area contributed by atoms with Crippen LogP contribution in [-0.2, 0) is 10.0 Å². The highest BCUT2D eigenvalue weighted by Gasteiger charge is 2.36. The van der Waals surface area contributed by atoms with E-state index in [4.69, 9.17) is 5.73 Å². The zero-order valence-corrected chi connectivity index (χ0v) is 12.0. The van der Waals surface area contributed by atoms with Crippen LogP contribution in [-0.4, -0.2) is 24.8 Å². The third-order valence-electron chi connectivity index (χ3n) is 3.62.